The Hall–Kier alpha value is -1.30. The Morgan fingerprint density at radius 1 is 1.17 bits per heavy atom. The average molecular weight is 323 g/mol. The Morgan fingerprint density at radius 2 is 1.87 bits per heavy atom. The molecular formula is C17H33N5O. The van der Waals surface area contributed by atoms with E-state index in [0.717, 1.165) is 31.9 Å². The van der Waals surface area contributed by atoms with Gasteiger partial charge in [-0.1, -0.05) is 6.42 Å². The summed E-state index contributed by atoms with van der Waals surface area (Å²) in [6, 6.07) is 0.395. The van der Waals surface area contributed by atoms with E-state index in [9.17, 15) is 4.79 Å². The number of guanidine groups is 1. The molecule has 6 heteroatoms. The second-order valence-electron chi connectivity index (χ2n) is 7.25. The van der Waals surface area contributed by atoms with Crippen molar-refractivity contribution in [2.45, 2.75) is 64.5 Å². The van der Waals surface area contributed by atoms with Crippen LogP contribution in [-0.2, 0) is 4.79 Å². The fraction of sp³-hybridized carbons (Fsp3) is 0.882. The Balaban J connectivity index is 1.80. The zero-order valence-corrected chi connectivity index (χ0v) is 15.0. The molecule has 1 saturated carbocycles. The molecule has 1 amide bonds. The molecule has 0 spiro atoms. The van der Waals surface area contributed by atoms with Crippen molar-refractivity contribution in [3.8, 4) is 0 Å². The minimum absolute atomic E-state index is 0.0139. The molecule has 0 aromatic rings. The van der Waals surface area contributed by atoms with Crippen molar-refractivity contribution in [1.29, 1.82) is 0 Å². The minimum atomic E-state index is 0.0139. The monoisotopic (exact) mass is 323 g/mol. The van der Waals surface area contributed by atoms with E-state index in [0.29, 0.717) is 6.04 Å². The molecule has 6 nitrogen and oxygen atoms in total. The Kier molecular flexibility index (Phi) is 6.69. The number of nitrogens with one attached hydrogen (secondary N) is 3. The lowest BCUT2D eigenvalue weighted by atomic mass is 9.98. The van der Waals surface area contributed by atoms with Crippen LogP contribution in [-0.4, -0.2) is 61.1 Å². The van der Waals surface area contributed by atoms with Gasteiger partial charge in [0.15, 0.2) is 5.96 Å². The van der Waals surface area contributed by atoms with E-state index >= 15 is 0 Å². The first-order chi connectivity index (χ1) is 11.0. The Morgan fingerprint density at radius 3 is 2.48 bits per heavy atom. The van der Waals surface area contributed by atoms with Gasteiger partial charge in [0.05, 0.1) is 0 Å². The molecule has 1 heterocycles. The van der Waals surface area contributed by atoms with Gasteiger partial charge in [0, 0.05) is 24.7 Å². The van der Waals surface area contributed by atoms with Gasteiger partial charge in [-0.2, -0.15) is 0 Å². The second-order valence-corrected chi connectivity index (χ2v) is 7.25. The number of rotatable bonds is 7. The molecular weight excluding hydrogens is 290 g/mol. The first kappa shape index (κ1) is 18.0. The summed E-state index contributed by atoms with van der Waals surface area (Å²) >= 11 is 0. The number of amides is 1. The number of aliphatic imine (C=N–C) groups is 1. The summed E-state index contributed by atoms with van der Waals surface area (Å²) in [4.78, 5) is 18.7. The summed E-state index contributed by atoms with van der Waals surface area (Å²) in [7, 11) is 0. The third kappa shape index (κ3) is 6.37. The summed E-state index contributed by atoms with van der Waals surface area (Å²) in [5.74, 6) is 0.739. The highest BCUT2D eigenvalue weighted by Gasteiger charge is 2.28. The second kappa shape index (κ2) is 8.52. The van der Waals surface area contributed by atoms with Gasteiger partial charge in [0.25, 0.3) is 0 Å². The number of piperidine rings is 1. The number of hydrogen-bond donors (Lipinski definition) is 3. The quantitative estimate of drug-likeness (QED) is 0.484. The maximum absolute atomic E-state index is 11.8. The predicted octanol–water partition coefficient (Wildman–Crippen LogP) is 1.08. The largest absolute Gasteiger partial charge is 0.357 e. The molecule has 0 aromatic carbocycles. The molecule has 23 heavy (non-hydrogen) atoms. The van der Waals surface area contributed by atoms with Crippen molar-refractivity contribution in [2.75, 3.05) is 32.7 Å². The Bertz CT molecular complexity index is 411. The van der Waals surface area contributed by atoms with Crippen molar-refractivity contribution in [3.63, 3.8) is 0 Å². The van der Waals surface area contributed by atoms with Crippen LogP contribution in [0.2, 0.25) is 0 Å². The smallest absolute Gasteiger partial charge is 0.242 e. The van der Waals surface area contributed by atoms with Crippen LogP contribution < -0.4 is 16.0 Å². The number of carbonyl (C=O) groups is 1. The average Bonchev–Trinajstić information content (AvgIpc) is 3.35. The van der Waals surface area contributed by atoms with Crippen LogP contribution in [0.1, 0.15) is 52.9 Å². The first-order valence-corrected chi connectivity index (χ1v) is 9.08. The Labute approximate surface area is 140 Å². The normalized spacial score (nSPS) is 20.2. The highest BCUT2D eigenvalue weighted by Crippen LogP contribution is 2.20. The van der Waals surface area contributed by atoms with Gasteiger partial charge in [-0.25, -0.2) is 4.99 Å². The minimum Gasteiger partial charge on any atom is -0.357 e. The number of likely N-dealkylation sites (tertiary alicyclic amines) is 1. The van der Waals surface area contributed by atoms with Gasteiger partial charge in [-0.05, 0) is 59.5 Å². The van der Waals surface area contributed by atoms with E-state index in [-0.39, 0.29) is 18.0 Å². The highest BCUT2D eigenvalue weighted by molar-refractivity contribution is 5.85. The molecule has 2 fully saturated rings. The SMILES string of the molecule is CCNC(=NCC(=O)NC1CC1)NCC(C)(C)N1CCCCC1. The highest BCUT2D eigenvalue weighted by atomic mass is 16.2. The third-order valence-electron chi connectivity index (χ3n) is 4.57. The molecule has 1 aliphatic heterocycles. The van der Waals surface area contributed by atoms with Gasteiger partial charge in [0.2, 0.25) is 5.91 Å². The number of nitrogens with zero attached hydrogens (tertiary/aromatic N) is 2. The lowest BCUT2D eigenvalue weighted by molar-refractivity contribution is -0.119. The number of carbonyl (C=O) groups excluding carboxylic acids is 1. The molecule has 2 aliphatic rings. The summed E-state index contributed by atoms with van der Waals surface area (Å²) in [5.41, 5.74) is 0.0902. The van der Waals surface area contributed by atoms with Gasteiger partial charge >= 0.3 is 0 Å². The lowest BCUT2D eigenvalue weighted by Gasteiger charge is -2.41. The molecule has 0 radical (unpaired) electrons. The van der Waals surface area contributed by atoms with E-state index in [1.54, 1.807) is 0 Å². The fourth-order valence-corrected chi connectivity index (χ4v) is 2.90. The van der Waals surface area contributed by atoms with Crippen LogP contribution in [0.15, 0.2) is 4.99 Å². The first-order valence-electron chi connectivity index (χ1n) is 9.08. The number of hydrogen-bond acceptors (Lipinski definition) is 3. The third-order valence-corrected chi connectivity index (χ3v) is 4.57. The van der Waals surface area contributed by atoms with Gasteiger partial charge < -0.3 is 16.0 Å². The van der Waals surface area contributed by atoms with Crippen molar-refractivity contribution >= 4 is 11.9 Å². The van der Waals surface area contributed by atoms with Crippen LogP contribution >= 0.6 is 0 Å². The molecule has 3 N–H and O–H groups in total. The maximum atomic E-state index is 11.8. The topological polar surface area (TPSA) is 68.8 Å². The van der Waals surface area contributed by atoms with Crippen molar-refractivity contribution < 1.29 is 4.79 Å². The van der Waals surface area contributed by atoms with Crippen LogP contribution in [0, 0.1) is 0 Å². The van der Waals surface area contributed by atoms with Crippen LogP contribution in [0.4, 0.5) is 0 Å². The zero-order chi connectivity index (χ0) is 16.7. The van der Waals surface area contributed by atoms with E-state index in [1.807, 2.05) is 6.92 Å². The lowest BCUT2D eigenvalue weighted by Crippen LogP contribution is -2.55. The molecule has 0 bridgehead atoms. The van der Waals surface area contributed by atoms with Gasteiger partial charge in [0.1, 0.15) is 6.54 Å². The molecule has 2 rings (SSSR count). The summed E-state index contributed by atoms with van der Waals surface area (Å²) in [6.07, 6.45) is 6.15. The fourth-order valence-electron chi connectivity index (χ4n) is 2.90. The molecule has 132 valence electrons. The van der Waals surface area contributed by atoms with Gasteiger partial charge in [-0.3, -0.25) is 9.69 Å². The van der Waals surface area contributed by atoms with Crippen molar-refractivity contribution in [2.24, 2.45) is 4.99 Å². The molecule has 0 atom stereocenters. The maximum Gasteiger partial charge on any atom is 0.242 e. The zero-order valence-electron chi connectivity index (χ0n) is 15.0. The van der Waals surface area contributed by atoms with E-state index in [4.69, 9.17) is 0 Å². The summed E-state index contributed by atoms with van der Waals surface area (Å²) < 4.78 is 0. The van der Waals surface area contributed by atoms with Crippen LogP contribution in [0.3, 0.4) is 0 Å². The van der Waals surface area contributed by atoms with Crippen molar-refractivity contribution in [3.05, 3.63) is 0 Å². The molecule has 0 unspecified atom stereocenters. The van der Waals surface area contributed by atoms with Crippen LogP contribution in [0.25, 0.3) is 0 Å². The molecule has 1 saturated heterocycles. The van der Waals surface area contributed by atoms with Gasteiger partial charge in [-0.15, -0.1) is 0 Å². The standard InChI is InChI=1S/C17H33N5O/c1-4-18-16(19-12-15(23)21-14-8-9-14)20-13-17(2,3)22-10-6-5-7-11-22/h14H,4-13H2,1-3H3,(H,21,23)(H2,18,19,20). The molecule has 1 aliphatic carbocycles. The summed E-state index contributed by atoms with van der Waals surface area (Å²) in [5, 5.41) is 9.59. The van der Waals surface area contributed by atoms with Crippen molar-refractivity contribution in [1.82, 2.24) is 20.9 Å². The van der Waals surface area contributed by atoms with E-state index in [2.05, 4.69) is 39.7 Å². The van der Waals surface area contributed by atoms with Crippen LogP contribution in [0.5, 0.6) is 0 Å². The van der Waals surface area contributed by atoms with E-state index in [1.165, 1.54) is 32.4 Å². The molecule has 0 aromatic heterocycles. The van der Waals surface area contributed by atoms with E-state index < -0.39 is 0 Å². The predicted molar refractivity (Wildman–Crippen MR) is 94.6 cm³/mol. The summed E-state index contributed by atoms with van der Waals surface area (Å²) in [6.45, 7) is 10.7.